The summed E-state index contributed by atoms with van der Waals surface area (Å²) in [5.41, 5.74) is 3.58. The van der Waals surface area contributed by atoms with Crippen molar-refractivity contribution >= 4 is 11.8 Å². The van der Waals surface area contributed by atoms with Gasteiger partial charge >= 0.3 is 0 Å². The van der Waals surface area contributed by atoms with Crippen molar-refractivity contribution in [1.82, 2.24) is 20.4 Å². The quantitative estimate of drug-likeness (QED) is 0.668. The average molecular weight is 392 g/mol. The third-order valence-electron chi connectivity index (χ3n) is 4.44. The molecule has 1 aromatic heterocycles. The lowest BCUT2D eigenvalue weighted by atomic mass is 10.1. The fourth-order valence-corrected chi connectivity index (χ4v) is 2.71. The molecule has 0 aliphatic heterocycles. The van der Waals surface area contributed by atoms with Gasteiger partial charge in [0.1, 0.15) is 0 Å². The van der Waals surface area contributed by atoms with Gasteiger partial charge in [-0.15, -0.1) is 0 Å². The molecule has 1 heterocycles. The van der Waals surface area contributed by atoms with Gasteiger partial charge in [-0.2, -0.15) is 4.98 Å². The first-order chi connectivity index (χ1) is 13.9. The largest absolute Gasteiger partial charge is 0.352 e. The summed E-state index contributed by atoms with van der Waals surface area (Å²) in [5.74, 6) is 0.800. The van der Waals surface area contributed by atoms with E-state index in [0.717, 1.165) is 16.7 Å². The van der Waals surface area contributed by atoms with E-state index in [4.69, 9.17) is 4.52 Å². The molecule has 0 unspecified atom stereocenters. The van der Waals surface area contributed by atoms with Gasteiger partial charge in [0.2, 0.25) is 17.6 Å². The number of aromatic nitrogens is 2. The van der Waals surface area contributed by atoms with Crippen LogP contribution in [0.15, 0.2) is 53.1 Å². The second-order valence-corrected chi connectivity index (χ2v) is 7.05. The maximum absolute atomic E-state index is 12.1. The zero-order valence-electron chi connectivity index (χ0n) is 16.8. The lowest BCUT2D eigenvalue weighted by Crippen LogP contribution is -2.23. The van der Waals surface area contributed by atoms with Crippen LogP contribution in [-0.4, -0.2) is 41.0 Å². The highest BCUT2D eigenvalue weighted by Gasteiger charge is 2.11. The van der Waals surface area contributed by atoms with Gasteiger partial charge < -0.3 is 14.7 Å². The van der Waals surface area contributed by atoms with Gasteiger partial charge in [-0.3, -0.25) is 9.59 Å². The summed E-state index contributed by atoms with van der Waals surface area (Å²) in [5, 5.41) is 6.83. The number of hydrogen-bond acceptors (Lipinski definition) is 5. The van der Waals surface area contributed by atoms with E-state index in [9.17, 15) is 9.59 Å². The van der Waals surface area contributed by atoms with Crippen LogP contribution < -0.4 is 5.32 Å². The number of nitrogens with zero attached hydrogens (tertiary/aromatic N) is 3. The minimum absolute atomic E-state index is 0.0508. The van der Waals surface area contributed by atoms with Crippen molar-refractivity contribution in [2.75, 3.05) is 14.1 Å². The molecule has 7 nitrogen and oxygen atoms in total. The average Bonchev–Trinajstić information content (AvgIpc) is 3.20. The maximum atomic E-state index is 12.1. The van der Waals surface area contributed by atoms with Crippen molar-refractivity contribution in [2.45, 2.75) is 26.3 Å². The second-order valence-electron chi connectivity index (χ2n) is 7.05. The topological polar surface area (TPSA) is 88.3 Å². The predicted molar refractivity (Wildman–Crippen MR) is 109 cm³/mol. The highest BCUT2D eigenvalue weighted by Crippen LogP contribution is 2.16. The van der Waals surface area contributed by atoms with E-state index in [0.29, 0.717) is 30.2 Å². The molecule has 0 fully saturated rings. The molecule has 0 saturated carbocycles. The van der Waals surface area contributed by atoms with Gasteiger partial charge in [0.05, 0.1) is 0 Å². The molecular formula is C22H24N4O3. The molecular weight excluding hydrogens is 368 g/mol. The van der Waals surface area contributed by atoms with Crippen molar-refractivity contribution < 1.29 is 14.1 Å². The Bertz CT molecular complexity index is 976. The number of carbonyl (C=O) groups is 2. The highest BCUT2D eigenvalue weighted by atomic mass is 16.5. The third-order valence-corrected chi connectivity index (χ3v) is 4.44. The molecule has 7 heteroatoms. The summed E-state index contributed by atoms with van der Waals surface area (Å²) in [6.45, 7) is 2.41. The zero-order chi connectivity index (χ0) is 20.8. The normalized spacial score (nSPS) is 10.6. The van der Waals surface area contributed by atoms with Gasteiger partial charge in [0.15, 0.2) is 0 Å². The van der Waals surface area contributed by atoms with Crippen LogP contribution in [0.4, 0.5) is 0 Å². The molecule has 3 rings (SSSR count). The second kappa shape index (κ2) is 9.14. The molecule has 29 heavy (non-hydrogen) atoms. The Balaban J connectivity index is 1.47. The van der Waals surface area contributed by atoms with Gasteiger partial charge in [-0.25, -0.2) is 0 Å². The molecule has 1 N–H and O–H groups in total. The van der Waals surface area contributed by atoms with Crippen LogP contribution in [0.3, 0.4) is 0 Å². The molecule has 150 valence electrons. The summed E-state index contributed by atoms with van der Waals surface area (Å²) in [7, 11) is 3.42. The SMILES string of the molecule is Cc1ccc(-c2noc(CCC(=O)NCc3ccc(C(=O)N(C)C)cc3)n2)cc1. The molecule has 3 aromatic rings. The first-order valence-electron chi connectivity index (χ1n) is 9.39. The molecule has 0 aliphatic carbocycles. The van der Waals surface area contributed by atoms with E-state index in [-0.39, 0.29) is 18.2 Å². The lowest BCUT2D eigenvalue weighted by molar-refractivity contribution is -0.121. The molecule has 2 amide bonds. The zero-order valence-corrected chi connectivity index (χ0v) is 16.8. The number of rotatable bonds is 7. The fourth-order valence-electron chi connectivity index (χ4n) is 2.71. The third kappa shape index (κ3) is 5.51. The summed E-state index contributed by atoms with van der Waals surface area (Å²) in [6, 6.07) is 15.0. The Hall–Kier alpha value is -3.48. The van der Waals surface area contributed by atoms with Crippen LogP contribution >= 0.6 is 0 Å². The number of hydrogen-bond donors (Lipinski definition) is 1. The van der Waals surface area contributed by atoms with Crippen LogP contribution in [0.25, 0.3) is 11.4 Å². The molecule has 2 aromatic carbocycles. The Morgan fingerprint density at radius 3 is 2.38 bits per heavy atom. The number of aryl methyl sites for hydroxylation is 2. The van der Waals surface area contributed by atoms with E-state index in [1.54, 1.807) is 26.2 Å². The first-order valence-corrected chi connectivity index (χ1v) is 9.39. The Morgan fingerprint density at radius 1 is 1.03 bits per heavy atom. The summed E-state index contributed by atoms with van der Waals surface area (Å²) >= 11 is 0. The van der Waals surface area contributed by atoms with E-state index in [2.05, 4.69) is 15.5 Å². The van der Waals surface area contributed by atoms with Gasteiger partial charge in [0.25, 0.3) is 5.91 Å². The van der Waals surface area contributed by atoms with Crippen molar-refractivity contribution in [3.05, 3.63) is 71.1 Å². The lowest BCUT2D eigenvalue weighted by Gasteiger charge is -2.10. The standard InChI is InChI=1S/C22H24N4O3/c1-15-4-8-17(9-5-15)21-24-20(29-25-21)13-12-19(27)23-14-16-6-10-18(11-7-16)22(28)26(2)3/h4-11H,12-14H2,1-3H3,(H,23,27). The number of nitrogens with one attached hydrogen (secondary N) is 1. The van der Waals surface area contributed by atoms with E-state index in [1.807, 2.05) is 43.3 Å². The van der Waals surface area contributed by atoms with Crippen molar-refractivity contribution in [1.29, 1.82) is 0 Å². The minimum atomic E-state index is -0.103. The maximum Gasteiger partial charge on any atom is 0.253 e. The smallest absolute Gasteiger partial charge is 0.253 e. The van der Waals surface area contributed by atoms with Crippen molar-refractivity contribution in [2.24, 2.45) is 0 Å². The fraction of sp³-hybridized carbons (Fsp3) is 0.273. The number of benzene rings is 2. The summed E-state index contributed by atoms with van der Waals surface area (Å²) < 4.78 is 5.24. The number of carbonyl (C=O) groups excluding carboxylic acids is 2. The van der Waals surface area contributed by atoms with Crippen molar-refractivity contribution in [3.8, 4) is 11.4 Å². The molecule has 0 atom stereocenters. The van der Waals surface area contributed by atoms with Crippen LogP contribution in [-0.2, 0) is 17.8 Å². The Labute approximate surface area is 169 Å². The monoisotopic (exact) mass is 392 g/mol. The minimum Gasteiger partial charge on any atom is -0.352 e. The van der Waals surface area contributed by atoms with Gasteiger partial charge in [-0.05, 0) is 24.6 Å². The predicted octanol–water partition coefficient (Wildman–Crippen LogP) is 3.00. The van der Waals surface area contributed by atoms with Crippen LogP contribution in [0.1, 0.15) is 33.8 Å². The molecule has 0 aliphatic rings. The van der Waals surface area contributed by atoms with Crippen molar-refractivity contribution in [3.63, 3.8) is 0 Å². The molecule has 0 bridgehead atoms. The molecule has 0 saturated heterocycles. The number of amides is 2. The highest BCUT2D eigenvalue weighted by molar-refractivity contribution is 5.93. The molecule has 0 spiro atoms. The van der Waals surface area contributed by atoms with Gasteiger partial charge in [0, 0.05) is 44.6 Å². The Kier molecular flexibility index (Phi) is 6.39. The van der Waals surface area contributed by atoms with E-state index < -0.39 is 0 Å². The Morgan fingerprint density at radius 2 is 1.72 bits per heavy atom. The summed E-state index contributed by atoms with van der Waals surface area (Å²) in [6.07, 6.45) is 0.633. The van der Waals surface area contributed by atoms with Crippen LogP contribution in [0.2, 0.25) is 0 Å². The molecule has 0 radical (unpaired) electrons. The van der Waals surface area contributed by atoms with Crippen LogP contribution in [0, 0.1) is 6.92 Å². The summed E-state index contributed by atoms with van der Waals surface area (Å²) in [4.78, 5) is 29.9. The van der Waals surface area contributed by atoms with Crippen LogP contribution in [0.5, 0.6) is 0 Å². The van der Waals surface area contributed by atoms with Gasteiger partial charge in [-0.1, -0.05) is 47.1 Å². The van der Waals surface area contributed by atoms with E-state index in [1.165, 1.54) is 4.90 Å². The first kappa shape index (κ1) is 20.3. The van der Waals surface area contributed by atoms with E-state index >= 15 is 0 Å².